The molecule has 3 spiro atoms. The molecule has 10 aromatic carbocycles. The number of aryl methyl sites for hydroxylation is 2. The van der Waals surface area contributed by atoms with Crippen molar-refractivity contribution in [1.82, 2.24) is 31.0 Å². The number of ketones is 2. The van der Waals surface area contributed by atoms with Crippen LogP contribution in [0.25, 0.3) is 11.4 Å². The Hall–Kier alpha value is -14.7. The van der Waals surface area contributed by atoms with Gasteiger partial charge in [0, 0.05) is 261 Å². The van der Waals surface area contributed by atoms with E-state index in [0.29, 0.717) is 212 Å². The number of ether oxygens (including phenoxy) is 11. The van der Waals surface area contributed by atoms with E-state index >= 15 is 0 Å². The van der Waals surface area contributed by atoms with Crippen LogP contribution in [0, 0.1) is 6.92 Å². The van der Waals surface area contributed by atoms with Crippen LogP contribution < -0.4 is 60.0 Å². The van der Waals surface area contributed by atoms with Crippen molar-refractivity contribution in [3.63, 3.8) is 0 Å². The number of amides is 2. The third kappa shape index (κ3) is 23.4. The standard InChI is InChI=1S/C53H63N7O11.C28H29N3O4.C25H22N2O5.C3H9N.CH4/c1-36-55-57-50(58-56-36)38-11-8-37(9-12-38)10-16-43(62)21-24-66-26-28-68-30-32-69-31-29-67-27-25-65-23-20-42(61)7-6-22-54-51(63)39-13-17-45-44(33-39)52(64)71-53(45)46-18-14-40(59(2)3)34-48(46)70-49-35-41(60(4)5)15-19-47(49)53;1-6-13-29-26(32)17-7-10-21-20(14-17)27(33)35-28(21)22-11-8-18(30(2)3)15-24(22)34-25-16-19(31(4)5)9-12-23(25)28;1-26(2)15-6-9-19-21(12-15)31-22-13-16(27(3)4)7-10-20(22)25(19)18-8-5-14(23(28)29)11-17(18)24(30)32-25;1-2-3-4;/h8-9,11-15,17-19,33-35H,6-7,10,16,20-32H2,1-5H3,(H,54,63);7-12,14-16H,6,13H2,1-5H3,(H,29,32);5-13H,1-4H3,(H,28,29);2-4H2,1H3;1H4. The van der Waals surface area contributed by atoms with Crippen LogP contribution in [0.2, 0.25) is 0 Å². The zero-order valence-corrected chi connectivity index (χ0v) is 83.0. The van der Waals surface area contributed by atoms with Crippen LogP contribution in [0.15, 0.2) is 188 Å². The van der Waals surface area contributed by atoms with Gasteiger partial charge < -0.3 is 103 Å². The molecule has 33 heteroatoms. The number of hydrogen-bond acceptors (Lipinski definition) is 30. The molecule has 0 saturated carbocycles. The first-order valence-electron chi connectivity index (χ1n) is 47.5. The van der Waals surface area contributed by atoms with Crippen molar-refractivity contribution < 1.29 is 95.6 Å². The number of carboxylic acids is 1. The van der Waals surface area contributed by atoms with Crippen LogP contribution in [0.4, 0.5) is 34.1 Å². The maximum atomic E-state index is 13.7. The summed E-state index contributed by atoms with van der Waals surface area (Å²) in [4.78, 5) is 114. The quantitative estimate of drug-likeness (QED) is 0.0159. The number of rotatable bonds is 38. The summed E-state index contributed by atoms with van der Waals surface area (Å²) in [5.41, 5.74) is 16.9. The summed E-state index contributed by atoms with van der Waals surface area (Å²) in [6.45, 7) is 11.3. The number of aromatic carboxylic acids is 1. The number of Topliss-reactive ketones (excluding diaryl/α,β-unsaturated/α-hetero) is 2. The average Bonchev–Trinajstić information content (AvgIpc) is 1.57. The second-order valence-corrected chi connectivity index (χ2v) is 36.1. The molecule has 11 aromatic rings. The summed E-state index contributed by atoms with van der Waals surface area (Å²) in [5, 5.41) is 31.1. The van der Waals surface area contributed by atoms with E-state index in [4.69, 9.17) is 57.8 Å². The van der Waals surface area contributed by atoms with Gasteiger partial charge >= 0.3 is 23.9 Å². The molecule has 7 heterocycles. The van der Waals surface area contributed by atoms with E-state index in [2.05, 4.69) is 38.0 Å². The highest BCUT2D eigenvalue weighted by molar-refractivity contribution is 6.04. The van der Waals surface area contributed by atoms with Gasteiger partial charge in [-0.25, -0.2) is 19.2 Å². The summed E-state index contributed by atoms with van der Waals surface area (Å²) in [5.74, 6) is 1.54. The highest BCUT2D eigenvalue weighted by atomic mass is 16.6. The molecule has 752 valence electrons. The van der Waals surface area contributed by atoms with E-state index < -0.39 is 40.7 Å². The lowest BCUT2D eigenvalue weighted by Crippen LogP contribution is -2.33. The van der Waals surface area contributed by atoms with Crippen LogP contribution in [-0.2, 0) is 70.7 Å². The van der Waals surface area contributed by atoms with Gasteiger partial charge in [0.05, 0.1) is 88.3 Å². The molecule has 6 aliphatic rings. The number of anilines is 6. The van der Waals surface area contributed by atoms with E-state index in [0.717, 1.165) is 75.8 Å². The van der Waals surface area contributed by atoms with Crippen LogP contribution in [0.1, 0.15) is 190 Å². The van der Waals surface area contributed by atoms with Gasteiger partial charge in [-0.05, 0) is 154 Å². The lowest BCUT2D eigenvalue weighted by molar-refractivity contribution is -0.121. The molecule has 0 aliphatic carbocycles. The zero-order chi connectivity index (χ0) is 101. The number of carboxylic acid groups (broad SMARTS) is 1. The highest BCUT2D eigenvalue weighted by Crippen LogP contribution is 2.61. The van der Waals surface area contributed by atoms with Gasteiger partial charge in [-0.2, -0.15) is 0 Å². The summed E-state index contributed by atoms with van der Waals surface area (Å²) in [6, 6.07) is 57.5. The predicted octanol–water partition coefficient (Wildman–Crippen LogP) is 15.7. The number of nitrogens with two attached hydrogens (primary N) is 1. The largest absolute Gasteiger partial charge is 0.478 e. The molecule has 5 N–H and O–H groups in total. The minimum atomic E-state index is -1.26. The number of hydrogen-bond donors (Lipinski definition) is 4. The molecule has 33 nitrogen and oxygen atoms in total. The molecule has 0 radical (unpaired) electrons. The zero-order valence-electron chi connectivity index (χ0n) is 83.0. The number of fused-ring (bicyclic) bond motifs is 18. The molecule has 0 atom stereocenters. The van der Waals surface area contributed by atoms with Crippen molar-refractivity contribution in [2.75, 3.05) is 200 Å². The smallest absolute Gasteiger partial charge is 0.340 e. The number of carbonyl (C=O) groups is 8. The fourth-order valence-electron chi connectivity index (χ4n) is 17.2. The third-order valence-corrected chi connectivity index (χ3v) is 25.0. The minimum absolute atomic E-state index is 0. The van der Waals surface area contributed by atoms with Gasteiger partial charge in [-0.15, -0.1) is 20.4 Å². The average molecular weight is 1950 g/mol. The molecular weight excluding hydrogens is 1820 g/mol. The lowest BCUT2D eigenvalue weighted by Gasteiger charge is -2.37. The fraction of sp³-hybridized carbons (Fsp3) is 0.364. The molecule has 1 aromatic heterocycles. The molecule has 143 heavy (non-hydrogen) atoms. The Morgan fingerprint density at radius 2 is 0.643 bits per heavy atom. The Labute approximate surface area is 834 Å². The summed E-state index contributed by atoms with van der Waals surface area (Å²) < 4.78 is 65.6. The molecule has 17 rings (SSSR count). The van der Waals surface area contributed by atoms with E-state index in [1.807, 2.05) is 260 Å². The summed E-state index contributed by atoms with van der Waals surface area (Å²) >= 11 is 0. The van der Waals surface area contributed by atoms with Crippen molar-refractivity contribution in [2.45, 2.75) is 96.4 Å². The van der Waals surface area contributed by atoms with Crippen LogP contribution in [0.3, 0.4) is 0 Å². The maximum absolute atomic E-state index is 13.7. The number of nitrogens with zero attached hydrogens (tertiary/aromatic N) is 10. The third-order valence-electron chi connectivity index (χ3n) is 25.0. The second-order valence-electron chi connectivity index (χ2n) is 36.1. The molecule has 0 fully saturated rings. The highest BCUT2D eigenvalue weighted by Gasteiger charge is 2.57. The van der Waals surface area contributed by atoms with Gasteiger partial charge in [0.25, 0.3) is 11.8 Å². The van der Waals surface area contributed by atoms with Crippen molar-refractivity contribution in [3.8, 4) is 45.9 Å². The van der Waals surface area contributed by atoms with Gasteiger partial charge in [0.2, 0.25) is 5.82 Å². The molecule has 0 bridgehead atoms. The van der Waals surface area contributed by atoms with Gasteiger partial charge in [0.15, 0.2) is 22.6 Å². The predicted molar refractivity (Wildman–Crippen MR) is 547 cm³/mol. The fourth-order valence-corrected chi connectivity index (χ4v) is 17.2. The monoisotopic (exact) mass is 1950 g/mol. The Bertz CT molecular complexity index is 6290. The second kappa shape index (κ2) is 47.2. The van der Waals surface area contributed by atoms with Gasteiger partial charge in [-0.1, -0.05) is 63.7 Å². The number of benzene rings is 10. The number of aromatic nitrogens is 4. The van der Waals surface area contributed by atoms with Crippen molar-refractivity contribution in [3.05, 3.63) is 283 Å². The van der Waals surface area contributed by atoms with E-state index in [1.165, 1.54) is 12.1 Å². The Morgan fingerprint density at radius 3 is 0.944 bits per heavy atom. The van der Waals surface area contributed by atoms with E-state index in [1.54, 1.807) is 43.3 Å². The first-order valence-corrected chi connectivity index (χ1v) is 47.5. The maximum Gasteiger partial charge on any atom is 0.340 e. The number of nitrogens with one attached hydrogen (secondary N) is 2. The number of carbonyl (C=O) groups excluding carboxylic acids is 7. The van der Waals surface area contributed by atoms with Crippen LogP contribution in [-0.4, -0.2) is 243 Å². The summed E-state index contributed by atoms with van der Waals surface area (Å²) in [7, 11) is 23.4. The normalized spacial score (nSPS) is 13.4. The van der Waals surface area contributed by atoms with Crippen molar-refractivity contribution >= 4 is 81.4 Å². The van der Waals surface area contributed by atoms with Crippen molar-refractivity contribution in [1.29, 1.82) is 0 Å². The minimum Gasteiger partial charge on any atom is -0.478 e. The Balaban J connectivity index is 0.000000197. The van der Waals surface area contributed by atoms with Gasteiger partial charge in [0.1, 0.15) is 46.1 Å². The Kier molecular flexibility index (Phi) is 34.9. The molecule has 2 amide bonds. The first-order chi connectivity index (χ1) is 68.3. The van der Waals surface area contributed by atoms with Crippen molar-refractivity contribution in [2.24, 2.45) is 5.73 Å². The molecule has 6 aliphatic heterocycles. The molecular formula is C110H127N13O20. The molecule has 0 saturated heterocycles. The van der Waals surface area contributed by atoms with E-state index in [-0.39, 0.29) is 55.0 Å². The van der Waals surface area contributed by atoms with Crippen LogP contribution in [0.5, 0.6) is 34.5 Å². The number of esters is 3. The first kappa shape index (κ1) is 106. The topological polar surface area (TPSA) is 379 Å². The molecule has 0 unspecified atom stereocenters. The van der Waals surface area contributed by atoms with Crippen LogP contribution >= 0.6 is 0 Å². The van der Waals surface area contributed by atoms with Gasteiger partial charge in [-0.3, -0.25) is 19.2 Å². The summed E-state index contributed by atoms with van der Waals surface area (Å²) in [6.07, 6.45) is 4.39. The van der Waals surface area contributed by atoms with E-state index in [9.17, 15) is 43.5 Å². The SMILES string of the molecule is C.CCCN.CCCNC(=O)c1ccc2c(c1)C(=O)OC21c2ccc(N(C)C)cc2Oc2cc(N(C)C)ccc21.CN(C)c1ccc2c(c1)Oc1cc(N(C)C)ccc1C21OC(=O)c2cc(C(=O)O)ccc21.Cc1nnc(-c2ccc(CCC(=O)CCOCCOCCOCCOCCOCCC(=O)CCCNC(=O)c3ccc4c(c3)C(=O)OC43c4ccc(N(C)C)cc4Oc4cc(N(C)C)ccc43)cc2)nn1. The Morgan fingerprint density at radius 1 is 0.357 bits per heavy atom. The lowest BCUT2D eigenvalue weighted by atomic mass is 9.77.